The van der Waals surface area contributed by atoms with Crippen LogP contribution in [-0.2, 0) is 11.3 Å². The summed E-state index contributed by atoms with van der Waals surface area (Å²) in [4.78, 5) is 21.8. The van der Waals surface area contributed by atoms with E-state index >= 15 is 0 Å². The van der Waals surface area contributed by atoms with Gasteiger partial charge in [-0.05, 0) is 58.4 Å². The molecule has 0 saturated heterocycles. The fraction of sp³-hybridized carbons (Fsp3) is 0.387. The first-order chi connectivity index (χ1) is 17.0. The number of Topliss-reactive ketones (excluding diaryl/α,β-unsaturated/α-hetero) is 1. The number of aryl methyl sites for hydroxylation is 3. The van der Waals surface area contributed by atoms with Crippen molar-refractivity contribution in [1.82, 2.24) is 14.5 Å². The van der Waals surface area contributed by atoms with Crippen LogP contribution < -0.4 is 0 Å². The van der Waals surface area contributed by atoms with Gasteiger partial charge in [0.1, 0.15) is 11.3 Å². The summed E-state index contributed by atoms with van der Waals surface area (Å²) in [7, 11) is 0. The quantitative estimate of drug-likeness (QED) is 0.224. The Morgan fingerprint density at radius 2 is 1.40 bits per heavy atom. The molecule has 2 heterocycles. The highest BCUT2D eigenvalue weighted by atomic mass is 16.1. The topological polar surface area (TPSA) is 47.8 Å². The number of hydrogen-bond acceptors (Lipinski definition) is 3. The van der Waals surface area contributed by atoms with E-state index in [1.807, 2.05) is 0 Å². The molecule has 5 rings (SSSR count). The number of aromatic nitrogens is 3. The number of carbonyl (C=O) groups excluding carboxylic acids is 1. The lowest BCUT2D eigenvalue weighted by molar-refractivity contribution is -0.117. The summed E-state index contributed by atoms with van der Waals surface area (Å²) >= 11 is 0. The van der Waals surface area contributed by atoms with Gasteiger partial charge >= 0.3 is 0 Å². The minimum Gasteiger partial charge on any atom is -0.328 e. The van der Waals surface area contributed by atoms with E-state index in [9.17, 15) is 4.79 Å². The Balaban J connectivity index is 1.54. The molecule has 1 fully saturated rings. The molecule has 1 aliphatic rings. The van der Waals surface area contributed by atoms with Gasteiger partial charge in [0, 0.05) is 29.8 Å². The van der Waals surface area contributed by atoms with Gasteiger partial charge in [-0.3, -0.25) is 0 Å². The molecule has 4 nitrogen and oxygen atoms in total. The zero-order valence-electron chi connectivity index (χ0n) is 21.2. The van der Waals surface area contributed by atoms with Gasteiger partial charge in [-0.1, -0.05) is 72.5 Å². The summed E-state index contributed by atoms with van der Waals surface area (Å²) in [6.45, 7) is 6.87. The third-order valence-electron chi connectivity index (χ3n) is 7.06. The summed E-state index contributed by atoms with van der Waals surface area (Å²) < 4.78 is 2.43. The van der Waals surface area contributed by atoms with Gasteiger partial charge in [0.15, 0.2) is 5.65 Å². The lowest BCUT2D eigenvalue weighted by Gasteiger charge is -2.13. The highest BCUT2D eigenvalue weighted by Crippen LogP contribution is 2.43. The fourth-order valence-electron chi connectivity index (χ4n) is 4.85. The molecule has 35 heavy (non-hydrogen) atoms. The Hall–Kier alpha value is -3.27. The SMILES string of the molecule is CC(=O)CCCCCCn1c(C2CC2)cc2nc(-c3ccc(C)cc3)c(-c3ccc(C)cc3)nc21. The van der Waals surface area contributed by atoms with Crippen molar-refractivity contribution >= 4 is 16.9 Å². The third-order valence-corrected chi connectivity index (χ3v) is 7.06. The Morgan fingerprint density at radius 1 is 0.829 bits per heavy atom. The van der Waals surface area contributed by atoms with Crippen molar-refractivity contribution in [2.75, 3.05) is 0 Å². The van der Waals surface area contributed by atoms with E-state index < -0.39 is 0 Å². The van der Waals surface area contributed by atoms with Crippen LogP contribution in [0.25, 0.3) is 33.7 Å². The largest absolute Gasteiger partial charge is 0.328 e. The molecule has 0 amide bonds. The van der Waals surface area contributed by atoms with Crippen LogP contribution in [0.15, 0.2) is 54.6 Å². The Kier molecular flexibility index (Phi) is 6.81. The minimum absolute atomic E-state index is 0.292. The lowest BCUT2D eigenvalue weighted by atomic mass is 10.0. The number of ketones is 1. The van der Waals surface area contributed by atoms with Crippen LogP contribution >= 0.6 is 0 Å². The van der Waals surface area contributed by atoms with Crippen molar-refractivity contribution < 1.29 is 4.79 Å². The van der Waals surface area contributed by atoms with Crippen LogP contribution in [0.2, 0.25) is 0 Å². The molecular weight excluding hydrogens is 430 g/mol. The molecule has 2 aromatic carbocycles. The highest BCUT2D eigenvalue weighted by molar-refractivity contribution is 5.86. The van der Waals surface area contributed by atoms with Crippen LogP contribution in [0.5, 0.6) is 0 Å². The molecule has 0 bridgehead atoms. The zero-order chi connectivity index (χ0) is 24.4. The molecule has 0 atom stereocenters. The van der Waals surface area contributed by atoms with Crippen LogP contribution in [0.4, 0.5) is 0 Å². The smallest absolute Gasteiger partial charge is 0.159 e. The van der Waals surface area contributed by atoms with E-state index in [1.165, 1.54) is 29.7 Å². The maximum absolute atomic E-state index is 11.2. The third kappa shape index (κ3) is 5.37. The van der Waals surface area contributed by atoms with E-state index in [1.54, 1.807) is 6.92 Å². The van der Waals surface area contributed by atoms with Crippen molar-refractivity contribution in [2.45, 2.75) is 78.2 Å². The zero-order valence-corrected chi connectivity index (χ0v) is 21.2. The predicted molar refractivity (Wildman–Crippen MR) is 144 cm³/mol. The predicted octanol–water partition coefficient (Wildman–Crippen LogP) is 7.80. The summed E-state index contributed by atoms with van der Waals surface area (Å²) in [5.74, 6) is 0.926. The number of nitrogens with zero attached hydrogens (tertiary/aromatic N) is 3. The van der Waals surface area contributed by atoms with Gasteiger partial charge in [0.25, 0.3) is 0 Å². The average molecular weight is 466 g/mol. The van der Waals surface area contributed by atoms with E-state index in [0.29, 0.717) is 18.1 Å². The van der Waals surface area contributed by atoms with Crippen molar-refractivity contribution in [3.63, 3.8) is 0 Å². The van der Waals surface area contributed by atoms with E-state index in [0.717, 1.165) is 65.9 Å². The van der Waals surface area contributed by atoms with Gasteiger partial charge < -0.3 is 9.36 Å². The van der Waals surface area contributed by atoms with Gasteiger partial charge in [0.05, 0.1) is 11.4 Å². The number of benzene rings is 2. The number of hydrogen-bond donors (Lipinski definition) is 0. The summed E-state index contributed by atoms with van der Waals surface area (Å²) in [6, 6.07) is 19.5. The Morgan fingerprint density at radius 3 is 1.97 bits per heavy atom. The first-order valence-electron chi connectivity index (χ1n) is 13.0. The van der Waals surface area contributed by atoms with Crippen molar-refractivity contribution in [1.29, 1.82) is 0 Å². The van der Waals surface area contributed by atoms with Crippen LogP contribution in [-0.4, -0.2) is 20.3 Å². The van der Waals surface area contributed by atoms with Gasteiger partial charge in [0.2, 0.25) is 0 Å². The summed E-state index contributed by atoms with van der Waals surface area (Å²) in [5.41, 5.74) is 9.97. The Bertz CT molecular complexity index is 1330. The summed E-state index contributed by atoms with van der Waals surface area (Å²) in [5, 5.41) is 0. The number of rotatable bonds is 10. The highest BCUT2D eigenvalue weighted by Gasteiger charge is 2.29. The maximum Gasteiger partial charge on any atom is 0.159 e. The lowest BCUT2D eigenvalue weighted by Crippen LogP contribution is -2.05. The fourth-order valence-corrected chi connectivity index (χ4v) is 4.85. The van der Waals surface area contributed by atoms with E-state index in [4.69, 9.17) is 9.97 Å². The van der Waals surface area contributed by atoms with Crippen molar-refractivity contribution in [2.24, 2.45) is 0 Å². The number of carbonyl (C=O) groups is 1. The normalized spacial score (nSPS) is 13.5. The van der Waals surface area contributed by atoms with Crippen molar-refractivity contribution in [3.05, 3.63) is 71.4 Å². The first kappa shape index (κ1) is 23.5. The van der Waals surface area contributed by atoms with Crippen LogP contribution in [0.1, 0.15) is 74.6 Å². The van der Waals surface area contributed by atoms with E-state index in [2.05, 4.69) is 73.0 Å². The first-order valence-corrected chi connectivity index (χ1v) is 13.0. The second-order valence-electron chi connectivity index (χ2n) is 10.2. The average Bonchev–Trinajstić information content (AvgIpc) is 3.63. The molecule has 0 spiro atoms. The number of unbranched alkanes of at least 4 members (excludes halogenated alkanes) is 3. The molecule has 2 aromatic heterocycles. The standard InChI is InChI=1S/C31H35N3O/c1-21-9-13-25(14-10-21)29-30(26-15-11-22(2)12-16-26)33-31-27(32-29)20-28(24-17-18-24)34(31)19-7-5-4-6-8-23(3)35/h9-16,20,24H,4-8,17-19H2,1-3H3. The molecule has 1 aliphatic carbocycles. The van der Waals surface area contributed by atoms with E-state index in [-0.39, 0.29) is 0 Å². The second kappa shape index (κ2) is 10.2. The second-order valence-corrected chi connectivity index (χ2v) is 10.2. The van der Waals surface area contributed by atoms with Crippen LogP contribution in [0, 0.1) is 13.8 Å². The molecule has 4 aromatic rings. The van der Waals surface area contributed by atoms with Gasteiger partial charge in [-0.15, -0.1) is 0 Å². The molecule has 180 valence electrons. The maximum atomic E-state index is 11.2. The molecule has 0 unspecified atom stereocenters. The van der Waals surface area contributed by atoms with Crippen LogP contribution in [0.3, 0.4) is 0 Å². The molecular formula is C31H35N3O. The number of fused-ring (bicyclic) bond motifs is 1. The monoisotopic (exact) mass is 465 g/mol. The van der Waals surface area contributed by atoms with Crippen molar-refractivity contribution in [3.8, 4) is 22.5 Å². The summed E-state index contributed by atoms with van der Waals surface area (Å²) in [6.07, 6.45) is 7.55. The Labute approximate surface area is 208 Å². The minimum atomic E-state index is 0.292. The molecule has 1 saturated carbocycles. The molecule has 0 N–H and O–H groups in total. The molecule has 0 radical (unpaired) electrons. The van der Waals surface area contributed by atoms with Gasteiger partial charge in [-0.2, -0.15) is 0 Å². The molecule has 0 aliphatic heterocycles. The van der Waals surface area contributed by atoms with Gasteiger partial charge in [-0.25, -0.2) is 9.97 Å². The molecule has 4 heteroatoms.